The van der Waals surface area contributed by atoms with Crippen LogP contribution in [0.25, 0.3) is 0 Å². The van der Waals surface area contributed by atoms with E-state index in [1.807, 2.05) is 6.92 Å². The highest BCUT2D eigenvalue weighted by molar-refractivity contribution is 5.94. The first-order valence-electron chi connectivity index (χ1n) is 6.89. The Balaban J connectivity index is 2.02. The number of aryl methyl sites for hydroxylation is 1. The van der Waals surface area contributed by atoms with E-state index >= 15 is 0 Å². The molecule has 0 aliphatic carbocycles. The van der Waals surface area contributed by atoms with E-state index in [4.69, 9.17) is 0 Å². The summed E-state index contributed by atoms with van der Waals surface area (Å²) in [5, 5.41) is 2.95. The maximum absolute atomic E-state index is 13.6. The number of nitrogens with zero attached hydrogens (tertiary/aromatic N) is 1. The molecule has 1 aromatic carbocycles. The zero-order valence-corrected chi connectivity index (χ0v) is 11.6. The molecule has 1 atom stereocenters. The summed E-state index contributed by atoms with van der Waals surface area (Å²) in [6.07, 6.45) is 2.05. The second-order valence-corrected chi connectivity index (χ2v) is 5.19. The lowest BCUT2D eigenvalue weighted by molar-refractivity contribution is 0.0901. The zero-order chi connectivity index (χ0) is 13.8. The summed E-state index contributed by atoms with van der Waals surface area (Å²) >= 11 is 0. The molecule has 1 aliphatic rings. The van der Waals surface area contributed by atoms with E-state index in [1.54, 1.807) is 12.1 Å². The molecule has 2 rings (SSSR count). The molecule has 0 saturated carbocycles. The average molecular weight is 264 g/mol. The summed E-state index contributed by atoms with van der Waals surface area (Å²) in [7, 11) is 0. The molecule has 1 aliphatic heterocycles. The van der Waals surface area contributed by atoms with Gasteiger partial charge in [0.2, 0.25) is 0 Å². The first kappa shape index (κ1) is 14.0. The van der Waals surface area contributed by atoms with Crippen LogP contribution < -0.4 is 5.32 Å². The minimum Gasteiger partial charge on any atom is -0.348 e. The summed E-state index contributed by atoms with van der Waals surface area (Å²) < 4.78 is 13.6. The van der Waals surface area contributed by atoms with Crippen LogP contribution in [0.15, 0.2) is 18.2 Å². The number of halogens is 1. The van der Waals surface area contributed by atoms with Crippen LogP contribution in [-0.2, 0) is 0 Å². The zero-order valence-electron chi connectivity index (χ0n) is 11.6. The Bertz CT molecular complexity index is 461. The van der Waals surface area contributed by atoms with Crippen molar-refractivity contribution in [3.63, 3.8) is 0 Å². The van der Waals surface area contributed by atoms with Crippen LogP contribution in [0.3, 0.4) is 0 Å². The lowest BCUT2D eigenvalue weighted by atomic mass is 10.0. The van der Waals surface area contributed by atoms with Crippen molar-refractivity contribution in [2.45, 2.75) is 32.7 Å². The highest BCUT2D eigenvalue weighted by atomic mass is 19.1. The third kappa shape index (κ3) is 3.53. The number of piperidine rings is 1. The van der Waals surface area contributed by atoms with Gasteiger partial charge >= 0.3 is 0 Å². The van der Waals surface area contributed by atoms with E-state index in [2.05, 4.69) is 17.1 Å². The van der Waals surface area contributed by atoms with Crippen LogP contribution in [0.2, 0.25) is 0 Å². The molecule has 1 N–H and O–H groups in total. The summed E-state index contributed by atoms with van der Waals surface area (Å²) in [6.45, 7) is 6.91. The molecule has 4 heteroatoms. The Kier molecular flexibility index (Phi) is 4.53. The second-order valence-electron chi connectivity index (χ2n) is 5.19. The standard InChI is InChI=1S/C15H21FN2O/c1-3-18-8-4-5-12(10-18)17-15(19)13-9-11(2)6-7-14(13)16/h6-7,9,12H,3-5,8,10H2,1-2H3,(H,17,19). The number of hydrogen-bond acceptors (Lipinski definition) is 2. The van der Waals surface area contributed by atoms with E-state index in [-0.39, 0.29) is 17.5 Å². The molecule has 1 unspecified atom stereocenters. The molecule has 0 radical (unpaired) electrons. The number of amides is 1. The van der Waals surface area contributed by atoms with Gasteiger partial charge in [0.1, 0.15) is 5.82 Å². The van der Waals surface area contributed by atoms with Crippen molar-refractivity contribution >= 4 is 5.91 Å². The first-order chi connectivity index (χ1) is 9.10. The predicted molar refractivity (Wildman–Crippen MR) is 73.7 cm³/mol. The molecule has 1 amide bonds. The number of benzene rings is 1. The number of carbonyl (C=O) groups excluding carboxylic acids is 1. The lowest BCUT2D eigenvalue weighted by Crippen LogP contribution is -2.47. The van der Waals surface area contributed by atoms with Gasteiger partial charge in [-0.1, -0.05) is 18.6 Å². The van der Waals surface area contributed by atoms with Gasteiger partial charge in [0, 0.05) is 12.6 Å². The fourth-order valence-corrected chi connectivity index (χ4v) is 2.54. The summed E-state index contributed by atoms with van der Waals surface area (Å²) in [5.74, 6) is -0.754. The third-order valence-electron chi connectivity index (χ3n) is 3.65. The van der Waals surface area contributed by atoms with Crippen LogP contribution in [0.1, 0.15) is 35.7 Å². The molecule has 104 valence electrons. The van der Waals surface area contributed by atoms with Gasteiger partial charge < -0.3 is 10.2 Å². The Morgan fingerprint density at radius 2 is 2.32 bits per heavy atom. The van der Waals surface area contributed by atoms with Gasteiger partial charge in [-0.05, 0) is 45.0 Å². The van der Waals surface area contributed by atoms with E-state index < -0.39 is 5.82 Å². The van der Waals surface area contributed by atoms with E-state index in [9.17, 15) is 9.18 Å². The van der Waals surface area contributed by atoms with Crippen molar-refractivity contribution in [1.82, 2.24) is 10.2 Å². The van der Waals surface area contributed by atoms with Crippen LogP contribution >= 0.6 is 0 Å². The minimum atomic E-state index is -0.453. The Hall–Kier alpha value is -1.42. The molecule has 1 aromatic rings. The number of rotatable bonds is 3. The summed E-state index contributed by atoms with van der Waals surface area (Å²) in [6, 6.07) is 4.75. The molecular formula is C15H21FN2O. The smallest absolute Gasteiger partial charge is 0.254 e. The first-order valence-corrected chi connectivity index (χ1v) is 6.89. The Labute approximate surface area is 113 Å². The largest absolute Gasteiger partial charge is 0.348 e. The fourth-order valence-electron chi connectivity index (χ4n) is 2.54. The Morgan fingerprint density at radius 3 is 3.05 bits per heavy atom. The molecule has 1 saturated heterocycles. The number of nitrogens with one attached hydrogen (secondary N) is 1. The summed E-state index contributed by atoms with van der Waals surface area (Å²) in [5.41, 5.74) is 1.04. The normalized spacial score (nSPS) is 20.3. The van der Waals surface area contributed by atoms with Gasteiger partial charge in [0.25, 0.3) is 5.91 Å². The highest BCUT2D eigenvalue weighted by Crippen LogP contribution is 2.13. The van der Waals surface area contributed by atoms with Crippen LogP contribution in [0.5, 0.6) is 0 Å². The highest BCUT2D eigenvalue weighted by Gasteiger charge is 2.22. The summed E-state index contributed by atoms with van der Waals surface area (Å²) in [4.78, 5) is 14.4. The maximum Gasteiger partial charge on any atom is 0.254 e. The minimum absolute atomic E-state index is 0.126. The Morgan fingerprint density at radius 1 is 1.53 bits per heavy atom. The van der Waals surface area contributed by atoms with Crippen molar-refractivity contribution in [2.75, 3.05) is 19.6 Å². The molecule has 0 bridgehead atoms. The number of carbonyl (C=O) groups is 1. The number of hydrogen-bond donors (Lipinski definition) is 1. The number of likely N-dealkylation sites (N-methyl/N-ethyl adjacent to an activating group) is 1. The van der Waals surface area contributed by atoms with Crippen molar-refractivity contribution in [2.24, 2.45) is 0 Å². The van der Waals surface area contributed by atoms with Crippen LogP contribution in [-0.4, -0.2) is 36.5 Å². The molecule has 19 heavy (non-hydrogen) atoms. The van der Waals surface area contributed by atoms with Gasteiger partial charge in [0.05, 0.1) is 5.56 Å². The van der Waals surface area contributed by atoms with Gasteiger partial charge in [-0.2, -0.15) is 0 Å². The van der Waals surface area contributed by atoms with Crippen molar-refractivity contribution in [1.29, 1.82) is 0 Å². The monoisotopic (exact) mass is 264 g/mol. The SMILES string of the molecule is CCN1CCCC(NC(=O)c2cc(C)ccc2F)C1. The van der Waals surface area contributed by atoms with Crippen LogP contribution in [0, 0.1) is 12.7 Å². The lowest BCUT2D eigenvalue weighted by Gasteiger charge is -2.32. The third-order valence-corrected chi connectivity index (χ3v) is 3.65. The van der Waals surface area contributed by atoms with Gasteiger partial charge in [-0.15, -0.1) is 0 Å². The number of likely N-dealkylation sites (tertiary alicyclic amines) is 1. The van der Waals surface area contributed by atoms with Gasteiger partial charge in [0.15, 0.2) is 0 Å². The van der Waals surface area contributed by atoms with Crippen molar-refractivity contribution < 1.29 is 9.18 Å². The quantitative estimate of drug-likeness (QED) is 0.909. The second kappa shape index (κ2) is 6.15. The maximum atomic E-state index is 13.6. The van der Waals surface area contributed by atoms with Crippen molar-refractivity contribution in [3.05, 3.63) is 35.1 Å². The molecular weight excluding hydrogens is 243 g/mol. The van der Waals surface area contributed by atoms with E-state index in [0.29, 0.717) is 0 Å². The van der Waals surface area contributed by atoms with E-state index in [0.717, 1.165) is 38.0 Å². The molecule has 1 heterocycles. The molecule has 0 aromatic heterocycles. The van der Waals surface area contributed by atoms with E-state index in [1.165, 1.54) is 6.07 Å². The molecule has 0 spiro atoms. The van der Waals surface area contributed by atoms with Gasteiger partial charge in [-0.25, -0.2) is 4.39 Å². The molecule has 3 nitrogen and oxygen atoms in total. The van der Waals surface area contributed by atoms with Gasteiger partial charge in [-0.3, -0.25) is 4.79 Å². The molecule has 1 fully saturated rings. The average Bonchev–Trinajstić information content (AvgIpc) is 2.41. The van der Waals surface area contributed by atoms with Crippen LogP contribution in [0.4, 0.5) is 4.39 Å². The predicted octanol–water partition coefficient (Wildman–Crippen LogP) is 2.35. The topological polar surface area (TPSA) is 32.3 Å². The fraction of sp³-hybridized carbons (Fsp3) is 0.533. The van der Waals surface area contributed by atoms with Crippen molar-refractivity contribution in [3.8, 4) is 0 Å².